The number of nitrogens with zero attached hydrogens (tertiary/aromatic N) is 1. The molecule has 3 fully saturated rings. The van der Waals surface area contributed by atoms with Gasteiger partial charge < -0.3 is 10.6 Å². The predicted octanol–water partition coefficient (Wildman–Crippen LogP) is 3.20. The fourth-order valence-electron chi connectivity index (χ4n) is 4.75. The van der Waals surface area contributed by atoms with Gasteiger partial charge in [-0.25, -0.2) is 0 Å². The highest BCUT2D eigenvalue weighted by atomic mass is 32.2. The second-order valence-electron chi connectivity index (χ2n) is 7.92. The van der Waals surface area contributed by atoms with Crippen LogP contribution < -0.4 is 10.6 Å². The van der Waals surface area contributed by atoms with E-state index in [1.54, 1.807) is 0 Å². The molecule has 0 saturated heterocycles. The van der Waals surface area contributed by atoms with Crippen LogP contribution in [0.2, 0.25) is 0 Å². The molecule has 0 radical (unpaired) electrons. The maximum absolute atomic E-state index is 12.1. The van der Waals surface area contributed by atoms with E-state index in [0.717, 1.165) is 36.4 Å². The molecule has 3 aliphatic rings. The Bertz CT molecular complexity index is 462. The molecule has 0 aromatic heterocycles. The minimum absolute atomic E-state index is 0.371. The van der Waals surface area contributed by atoms with Crippen molar-refractivity contribution in [1.29, 1.82) is 0 Å². The summed E-state index contributed by atoms with van der Waals surface area (Å²) >= 11 is 0. The molecule has 0 bridgehead atoms. The van der Waals surface area contributed by atoms with Crippen LogP contribution in [0.15, 0.2) is 4.99 Å². The van der Waals surface area contributed by atoms with Gasteiger partial charge in [0.05, 0.1) is 0 Å². The van der Waals surface area contributed by atoms with Gasteiger partial charge in [0, 0.05) is 40.9 Å². The predicted molar refractivity (Wildman–Crippen MR) is 103 cm³/mol. The first-order valence-electron chi connectivity index (χ1n) is 10.1. The normalized spacial score (nSPS) is 36.2. The molecule has 0 aromatic carbocycles. The molecule has 3 rings (SSSR count). The van der Waals surface area contributed by atoms with Gasteiger partial charge in [-0.2, -0.15) is 0 Å². The number of guanidine groups is 1. The van der Waals surface area contributed by atoms with Gasteiger partial charge in [-0.1, -0.05) is 45.4 Å². The molecule has 0 spiro atoms. The molecule has 3 aliphatic carbocycles. The third-order valence-corrected chi connectivity index (χ3v) is 8.00. The molecule has 0 amide bonds. The van der Waals surface area contributed by atoms with Gasteiger partial charge in [-0.05, 0) is 37.5 Å². The zero-order valence-corrected chi connectivity index (χ0v) is 16.2. The molecule has 5 unspecified atom stereocenters. The molecule has 5 heteroatoms. The Morgan fingerprint density at radius 2 is 1.83 bits per heavy atom. The molecule has 0 aromatic rings. The van der Waals surface area contributed by atoms with Crippen molar-refractivity contribution in [2.24, 2.45) is 16.8 Å². The second kappa shape index (κ2) is 8.68. The Kier molecular flexibility index (Phi) is 6.59. The van der Waals surface area contributed by atoms with Crippen molar-refractivity contribution in [1.82, 2.24) is 10.6 Å². The molecule has 4 nitrogen and oxygen atoms in total. The lowest BCUT2D eigenvalue weighted by molar-refractivity contribution is 0.315. The van der Waals surface area contributed by atoms with Gasteiger partial charge in [0.2, 0.25) is 0 Å². The maximum atomic E-state index is 12.1. The van der Waals surface area contributed by atoms with Crippen LogP contribution in [-0.2, 0) is 10.8 Å². The summed E-state index contributed by atoms with van der Waals surface area (Å²) in [6.07, 6.45) is 13.0. The van der Waals surface area contributed by atoms with E-state index in [1.807, 2.05) is 14.0 Å². The Hall–Kier alpha value is -0.580. The first-order valence-corrected chi connectivity index (χ1v) is 11.5. The van der Waals surface area contributed by atoms with Crippen molar-refractivity contribution in [3.05, 3.63) is 0 Å². The van der Waals surface area contributed by atoms with Gasteiger partial charge in [-0.3, -0.25) is 9.20 Å². The Morgan fingerprint density at radius 3 is 2.54 bits per heavy atom. The van der Waals surface area contributed by atoms with Crippen molar-refractivity contribution >= 4 is 16.8 Å². The van der Waals surface area contributed by atoms with Crippen molar-refractivity contribution in [2.75, 3.05) is 12.8 Å². The average molecular weight is 354 g/mol. The van der Waals surface area contributed by atoms with Crippen LogP contribution in [0.3, 0.4) is 0 Å². The van der Waals surface area contributed by atoms with E-state index in [4.69, 9.17) is 0 Å². The van der Waals surface area contributed by atoms with Gasteiger partial charge in [0.25, 0.3) is 0 Å². The van der Waals surface area contributed by atoms with Gasteiger partial charge >= 0.3 is 0 Å². The van der Waals surface area contributed by atoms with E-state index in [2.05, 4.69) is 15.6 Å². The van der Waals surface area contributed by atoms with Crippen molar-refractivity contribution in [3.63, 3.8) is 0 Å². The summed E-state index contributed by atoms with van der Waals surface area (Å²) in [6, 6.07) is 1.06. The highest BCUT2D eigenvalue weighted by molar-refractivity contribution is 7.85. The SMILES string of the molecule is CCS(=O)C1CCCC(NC(=NC)NC2CC2C2CCCCC2)C1. The van der Waals surface area contributed by atoms with Crippen LogP contribution in [0.5, 0.6) is 0 Å². The molecule has 2 N–H and O–H groups in total. The third kappa shape index (κ3) is 4.74. The lowest BCUT2D eigenvalue weighted by Crippen LogP contribution is -2.47. The Morgan fingerprint density at radius 1 is 1.04 bits per heavy atom. The highest BCUT2D eigenvalue weighted by Gasteiger charge is 2.43. The molecular weight excluding hydrogens is 318 g/mol. The number of rotatable bonds is 5. The molecule has 3 saturated carbocycles. The molecule has 0 aliphatic heterocycles. The van der Waals surface area contributed by atoms with Gasteiger partial charge in [0.1, 0.15) is 0 Å². The largest absolute Gasteiger partial charge is 0.354 e. The van der Waals surface area contributed by atoms with Crippen LogP contribution in [0.4, 0.5) is 0 Å². The standard InChI is InChI=1S/C19H35N3OS/c1-3-24(23)16-11-7-10-15(12-16)21-19(20-2)22-18-13-17(18)14-8-5-4-6-9-14/h14-18H,3-13H2,1-2H3,(H2,20,21,22). The molecular formula is C19H35N3OS. The highest BCUT2D eigenvalue weighted by Crippen LogP contribution is 2.44. The number of hydrogen-bond acceptors (Lipinski definition) is 2. The van der Waals surface area contributed by atoms with E-state index in [9.17, 15) is 4.21 Å². The molecule has 138 valence electrons. The second-order valence-corrected chi connectivity index (χ2v) is 9.93. The summed E-state index contributed by atoms with van der Waals surface area (Å²) in [6.45, 7) is 2.03. The van der Waals surface area contributed by atoms with E-state index < -0.39 is 10.8 Å². The summed E-state index contributed by atoms with van der Waals surface area (Å²) in [7, 11) is 1.21. The Balaban J connectivity index is 1.44. The van der Waals surface area contributed by atoms with E-state index >= 15 is 0 Å². The van der Waals surface area contributed by atoms with E-state index in [0.29, 0.717) is 17.3 Å². The molecule has 0 heterocycles. The lowest BCUT2D eigenvalue weighted by atomic mass is 9.85. The van der Waals surface area contributed by atoms with Crippen LogP contribution in [0.1, 0.15) is 71.1 Å². The van der Waals surface area contributed by atoms with Crippen LogP contribution in [0, 0.1) is 11.8 Å². The van der Waals surface area contributed by atoms with Gasteiger partial charge in [0.15, 0.2) is 5.96 Å². The summed E-state index contributed by atoms with van der Waals surface area (Å²) in [4.78, 5) is 4.45. The van der Waals surface area contributed by atoms with Crippen LogP contribution >= 0.6 is 0 Å². The summed E-state index contributed by atoms with van der Waals surface area (Å²) in [5.74, 6) is 3.57. The quantitative estimate of drug-likeness (QED) is 0.589. The number of aliphatic imine (C=N–C) groups is 1. The number of hydrogen-bond donors (Lipinski definition) is 2. The topological polar surface area (TPSA) is 53.5 Å². The van der Waals surface area contributed by atoms with Crippen LogP contribution in [-0.4, -0.2) is 40.3 Å². The van der Waals surface area contributed by atoms with E-state index in [-0.39, 0.29) is 0 Å². The van der Waals surface area contributed by atoms with Crippen LogP contribution in [0.25, 0.3) is 0 Å². The van der Waals surface area contributed by atoms with Gasteiger partial charge in [-0.15, -0.1) is 0 Å². The minimum atomic E-state index is -0.659. The van der Waals surface area contributed by atoms with E-state index in [1.165, 1.54) is 51.4 Å². The smallest absolute Gasteiger partial charge is 0.191 e. The fourth-order valence-corrected chi connectivity index (χ4v) is 6.10. The van der Waals surface area contributed by atoms with Crippen molar-refractivity contribution in [2.45, 2.75) is 88.5 Å². The zero-order chi connectivity index (χ0) is 16.9. The monoisotopic (exact) mass is 353 g/mol. The fraction of sp³-hybridized carbons (Fsp3) is 0.947. The Labute approximate surface area is 150 Å². The average Bonchev–Trinajstić information content (AvgIpc) is 3.40. The molecule has 24 heavy (non-hydrogen) atoms. The first-order chi connectivity index (χ1) is 11.7. The first kappa shape index (κ1) is 18.2. The third-order valence-electron chi connectivity index (χ3n) is 6.26. The summed E-state index contributed by atoms with van der Waals surface area (Å²) in [5, 5.41) is 7.64. The lowest BCUT2D eigenvalue weighted by Gasteiger charge is -2.30. The molecule has 5 atom stereocenters. The minimum Gasteiger partial charge on any atom is -0.354 e. The number of nitrogens with one attached hydrogen (secondary N) is 2. The summed E-state index contributed by atoms with van der Waals surface area (Å²) < 4.78 is 12.1. The van der Waals surface area contributed by atoms with Crippen molar-refractivity contribution in [3.8, 4) is 0 Å². The maximum Gasteiger partial charge on any atom is 0.191 e. The summed E-state index contributed by atoms with van der Waals surface area (Å²) in [5.41, 5.74) is 0. The van der Waals surface area contributed by atoms with Crippen molar-refractivity contribution < 1.29 is 4.21 Å². The zero-order valence-electron chi connectivity index (χ0n) is 15.4.